The lowest BCUT2D eigenvalue weighted by molar-refractivity contribution is -0.205. The highest BCUT2D eigenvalue weighted by Gasteiger charge is 2.39. The monoisotopic (exact) mass is 426 g/mol. The van der Waals surface area contributed by atoms with Gasteiger partial charge in [-0.3, -0.25) is 19.2 Å². The van der Waals surface area contributed by atoms with E-state index in [0.717, 1.165) is 0 Å². The minimum atomic E-state index is -1.06. The van der Waals surface area contributed by atoms with Gasteiger partial charge in [-0.15, -0.1) is 10.1 Å². The van der Waals surface area contributed by atoms with Crippen molar-refractivity contribution in [2.45, 2.75) is 71.8 Å². The van der Waals surface area contributed by atoms with Crippen LogP contribution in [0.5, 0.6) is 0 Å². The summed E-state index contributed by atoms with van der Waals surface area (Å²) in [7, 11) is 0. The molecule has 0 aromatic heterocycles. The summed E-state index contributed by atoms with van der Waals surface area (Å²) >= 11 is 0. The van der Waals surface area contributed by atoms with Gasteiger partial charge in [-0.2, -0.15) is 0 Å². The zero-order valence-corrected chi connectivity index (χ0v) is 17.5. The van der Waals surface area contributed by atoms with E-state index in [1.165, 1.54) is 0 Å². The lowest BCUT2D eigenvalue weighted by Crippen LogP contribution is -2.39. The first-order chi connectivity index (χ1) is 13.8. The van der Waals surface area contributed by atoms with Crippen molar-refractivity contribution in [1.29, 1.82) is 0 Å². The summed E-state index contributed by atoms with van der Waals surface area (Å²) in [6.45, 7) is 6.46. The Kier molecular flexibility index (Phi) is 6.96. The minimum absolute atomic E-state index is 0.00577. The molecule has 0 aliphatic carbocycles. The standard InChI is InChI=1S/C19H26N2O9/c1-18(2,17(27)30-21-14(24)7-8-15(21)25)9-10-28-19(3,4)11-16(26)29-20-12(22)5-6-13(20)23/h5-11H2,1-4H3. The van der Waals surface area contributed by atoms with Gasteiger partial charge in [0.05, 0.1) is 17.4 Å². The van der Waals surface area contributed by atoms with Gasteiger partial charge in [0.2, 0.25) is 0 Å². The van der Waals surface area contributed by atoms with E-state index in [1.807, 2.05) is 0 Å². The summed E-state index contributed by atoms with van der Waals surface area (Å²) in [5.74, 6) is -3.80. The Morgan fingerprint density at radius 1 is 0.800 bits per heavy atom. The number of hydroxylamine groups is 4. The number of rotatable bonds is 9. The first kappa shape index (κ1) is 23.5. The van der Waals surface area contributed by atoms with Crippen molar-refractivity contribution in [3.05, 3.63) is 0 Å². The molecule has 166 valence electrons. The number of carbonyl (C=O) groups excluding carboxylic acids is 6. The molecule has 4 amide bonds. The van der Waals surface area contributed by atoms with E-state index in [-0.39, 0.29) is 45.1 Å². The van der Waals surface area contributed by atoms with Gasteiger partial charge in [0, 0.05) is 32.3 Å². The van der Waals surface area contributed by atoms with Crippen molar-refractivity contribution in [3.63, 3.8) is 0 Å². The van der Waals surface area contributed by atoms with Gasteiger partial charge in [-0.05, 0) is 34.1 Å². The average molecular weight is 426 g/mol. The topological polar surface area (TPSA) is 137 Å². The molecule has 0 radical (unpaired) electrons. The van der Waals surface area contributed by atoms with Crippen LogP contribution in [0.25, 0.3) is 0 Å². The molecule has 0 unspecified atom stereocenters. The van der Waals surface area contributed by atoms with Crippen molar-refractivity contribution in [2.24, 2.45) is 5.41 Å². The second kappa shape index (κ2) is 8.90. The third-order valence-corrected chi connectivity index (χ3v) is 4.72. The molecule has 11 heteroatoms. The number of ether oxygens (including phenoxy) is 1. The van der Waals surface area contributed by atoms with Crippen molar-refractivity contribution >= 4 is 35.6 Å². The Bertz CT molecular complexity index is 740. The summed E-state index contributed by atoms with van der Waals surface area (Å²) in [5, 5.41) is 0.963. The number of carbonyl (C=O) groups is 6. The molecule has 11 nitrogen and oxygen atoms in total. The van der Waals surface area contributed by atoms with Crippen LogP contribution in [0.3, 0.4) is 0 Å². The molecule has 0 atom stereocenters. The molecule has 0 N–H and O–H groups in total. The summed E-state index contributed by atoms with van der Waals surface area (Å²) < 4.78 is 5.67. The molecule has 0 bridgehead atoms. The largest absolute Gasteiger partial charge is 0.375 e. The fourth-order valence-electron chi connectivity index (χ4n) is 2.74. The normalized spacial score (nSPS) is 17.7. The lowest BCUT2D eigenvalue weighted by atomic mass is 9.90. The quantitative estimate of drug-likeness (QED) is 0.490. The van der Waals surface area contributed by atoms with Crippen LogP contribution in [0, 0.1) is 5.41 Å². The Hall–Kier alpha value is -2.82. The second-order valence-electron chi connectivity index (χ2n) is 8.42. The maximum absolute atomic E-state index is 12.3. The third kappa shape index (κ3) is 5.85. The summed E-state index contributed by atoms with van der Waals surface area (Å²) in [4.78, 5) is 80.3. The first-order valence-electron chi connectivity index (χ1n) is 9.61. The highest BCUT2D eigenvalue weighted by atomic mass is 16.7. The molecule has 2 aliphatic heterocycles. The van der Waals surface area contributed by atoms with Gasteiger partial charge >= 0.3 is 11.9 Å². The number of nitrogens with zero attached hydrogens (tertiary/aromatic N) is 2. The van der Waals surface area contributed by atoms with Crippen LogP contribution < -0.4 is 0 Å². The molecule has 0 spiro atoms. The highest BCUT2D eigenvalue weighted by Crippen LogP contribution is 2.26. The van der Waals surface area contributed by atoms with Crippen LogP contribution in [0.4, 0.5) is 0 Å². The van der Waals surface area contributed by atoms with E-state index in [1.54, 1.807) is 27.7 Å². The predicted molar refractivity (Wildman–Crippen MR) is 97.4 cm³/mol. The van der Waals surface area contributed by atoms with Gasteiger partial charge < -0.3 is 14.4 Å². The molecular weight excluding hydrogens is 400 g/mol. The second-order valence-corrected chi connectivity index (χ2v) is 8.42. The van der Waals surface area contributed by atoms with Crippen molar-refractivity contribution in [3.8, 4) is 0 Å². The smallest absolute Gasteiger partial charge is 0.338 e. The van der Waals surface area contributed by atoms with Crippen LogP contribution in [0.1, 0.15) is 66.2 Å². The van der Waals surface area contributed by atoms with E-state index in [0.29, 0.717) is 10.1 Å². The van der Waals surface area contributed by atoms with Crippen molar-refractivity contribution < 1.29 is 43.2 Å². The third-order valence-electron chi connectivity index (χ3n) is 4.72. The zero-order valence-electron chi connectivity index (χ0n) is 17.5. The molecule has 30 heavy (non-hydrogen) atoms. The fraction of sp³-hybridized carbons (Fsp3) is 0.684. The molecule has 0 aromatic carbocycles. The SMILES string of the molecule is CC(C)(CC(=O)ON1C(=O)CCC1=O)OCCC(C)(C)C(=O)ON1C(=O)CCC1=O. The first-order valence-corrected chi connectivity index (χ1v) is 9.61. The van der Waals surface area contributed by atoms with E-state index >= 15 is 0 Å². The maximum atomic E-state index is 12.3. The van der Waals surface area contributed by atoms with Crippen LogP contribution in [-0.4, -0.2) is 57.9 Å². The molecule has 2 saturated heterocycles. The van der Waals surface area contributed by atoms with E-state index in [9.17, 15) is 28.8 Å². The molecule has 0 saturated carbocycles. The molecule has 2 fully saturated rings. The lowest BCUT2D eigenvalue weighted by Gasteiger charge is -2.28. The van der Waals surface area contributed by atoms with Gasteiger partial charge in [0.1, 0.15) is 0 Å². The van der Waals surface area contributed by atoms with E-state index in [4.69, 9.17) is 14.4 Å². The molecule has 2 rings (SSSR count). The van der Waals surface area contributed by atoms with E-state index in [2.05, 4.69) is 0 Å². The molecule has 2 heterocycles. The van der Waals surface area contributed by atoms with Crippen LogP contribution in [-0.2, 0) is 43.2 Å². The van der Waals surface area contributed by atoms with Gasteiger partial charge in [-0.25, -0.2) is 9.59 Å². The molecule has 0 aromatic rings. The Morgan fingerprint density at radius 3 is 1.70 bits per heavy atom. The van der Waals surface area contributed by atoms with Gasteiger partial charge in [0.15, 0.2) is 0 Å². The number of hydrogen-bond donors (Lipinski definition) is 0. The van der Waals surface area contributed by atoms with Gasteiger partial charge in [0.25, 0.3) is 23.6 Å². The van der Waals surface area contributed by atoms with Crippen LogP contribution in [0.2, 0.25) is 0 Å². The van der Waals surface area contributed by atoms with Crippen molar-refractivity contribution in [1.82, 2.24) is 10.1 Å². The zero-order chi connectivity index (χ0) is 22.7. The maximum Gasteiger partial charge on any atom is 0.338 e. The Labute approximate surface area is 173 Å². The fourth-order valence-corrected chi connectivity index (χ4v) is 2.74. The highest BCUT2D eigenvalue weighted by molar-refractivity contribution is 6.02. The van der Waals surface area contributed by atoms with E-state index < -0.39 is 46.6 Å². The number of amides is 4. The average Bonchev–Trinajstić information content (AvgIpc) is 3.10. The number of imide groups is 2. The minimum Gasteiger partial charge on any atom is -0.375 e. The van der Waals surface area contributed by atoms with Gasteiger partial charge in [-0.1, -0.05) is 0 Å². The molecule has 2 aliphatic rings. The van der Waals surface area contributed by atoms with Crippen LogP contribution >= 0.6 is 0 Å². The summed E-state index contributed by atoms with van der Waals surface area (Å²) in [6, 6.07) is 0. The summed E-state index contributed by atoms with van der Waals surface area (Å²) in [5.41, 5.74) is -2.06. The Balaban J connectivity index is 1.80. The van der Waals surface area contributed by atoms with Crippen LogP contribution in [0.15, 0.2) is 0 Å². The predicted octanol–water partition coefficient (Wildman–Crippen LogP) is 0.802. The number of hydrogen-bond acceptors (Lipinski definition) is 9. The molecular formula is C19H26N2O9. The van der Waals surface area contributed by atoms with Crippen molar-refractivity contribution in [2.75, 3.05) is 6.61 Å². The Morgan fingerprint density at radius 2 is 1.23 bits per heavy atom. The summed E-state index contributed by atoms with van der Waals surface area (Å²) in [6.07, 6.45) is -0.0178.